The van der Waals surface area contributed by atoms with Crippen LogP contribution in [-0.4, -0.2) is 16.1 Å². The van der Waals surface area contributed by atoms with Gasteiger partial charge in [0.15, 0.2) is 0 Å². The Labute approximate surface area is 129 Å². The van der Waals surface area contributed by atoms with Gasteiger partial charge < -0.3 is 9.88 Å². The Balaban J connectivity index is 2.21. The van der Waals surface area contributed by atoms with E-state index in [-0.39, 0.29) is 6.04 Å². The van der Waals surface area contributed by atoms with Crippen LogP contribution in [0.2, 0.25) is 0 Å². The quantitative estimate of drug-likeness (QED) is 0.830. The Morgan fingerprint density at radius 2 is 2.10 bits per heavy atom. The Bertz CT molecular complexity index is 536. The molecule has 0 fully saturated rings. The van der Waals surface area contributed by atoms with Crippen LogP contribution in [0.4, 0.5) is 0 Å². The molecule has 1 aromatic carbocycles. The molecular weight excluding hydrogens is 314 g/mol. The molecule has 0 aliphatic heterocycles. The second-order valence-corrected chi connectivity index (χ2v) is 5.73. The van der Waals surface area contributed by atoms with Gasteiger partial charge in [0.25, 0.3) is 0 Å². The van der Waals surface area contributed by atoms with Crippen LogP contribution >= 0.6 is 15.9 Å². The summed E-state index contributed by atoms with van der Waals surface area (Å²) in [6.45, 7) is 6.31. The van der Waals surface area contributed by atoms with Crippen LogP contribution in [0.25, 0.3) is 0 Å². The van der Waals surface area contributed by atoms with Gasteiger partial charge in [-0.3, -0.25) is 0 Å². The van der Waals surface area contributed by atoms with Crippen LogP contribution < -0.4 is 5.32 Å². The molecule has 2 rings (SSSR count). The molecule has 0 radical (unpaired) electrons. The maximum atomic E-state index is 4.52. The summed E-state index contributed by atoms with van der Waals surface area (Å²) in [5, 5.41) is 3.56. The monoisotopic (exact) mass is 335 g/mol. The van der Waals surface area contributed by atoms with Gasteiger partial charge in [0.2, 0.25) is 0 Å². The summed E-state index contributed by atoms with van der Waals surface area (Å²) in [6, 6.07) is 8.69. The first-order valence-electron chi connectivity index (χ1n) is 7.24. The van der Waals surface area contributed by atoms with E-state index in [0.717, 1.165) is 36.2 Å². The zero-order valence-electron chi connectivity index (χ0n) is 12.1. The number of imidazole rings is 1. The molecule has 1 unspecified atom stereocenters. The lowest BCUT2D eigenvalue weighted by molar-refractivity contribution is 0.515. The van der Waals surface area contributed by atoms with Crippen LogP contribution in [-0.2, 0) is 13.0 Å². The maximum absolute atomic E-state index is 4.52. The molecule has 2 aromatic rings. The largest absolute Gasteiger partial charge is 0.335 e. The first-order chi connectivity index (χ1) is 9.76. The zero-order chi connectivity index (χ0) is 14.4. The summed E-state index contributed by atoms with van der Waals surface area (Å²) in [5.74, 6) is 1.15. The zero-order valence-corrected chi connectivity index (χ0v) is 13.7. The van der Waals surface area contributed by atoms with Crippen LogP contribution in [0.5, 0.6) is 0 Å². The first kappa shape index (κ1) is 15.3. The number of halogens is 1. The Morgan fingerprint density at radius 3 is 2.80 bits per heavy atom. The number of benzene rings is 1. The Morgan fingerprint density at radius 1 is 1.30 bits per heavy atom. The van der Waals surface area contributed by atoms with Gasteiger partial charge >= 0.3 is 0 Å². The molecule has 0 saturated heterocycles. The maximum Gasteiger partial charge on any atom is 0.110 e. The normalized spacial score (nSPS) is 12.6. The Hall–Kier alpha value is -1.13. The number of hydrogen-bond acceptors (Lipinski definition) is 2. The van der Waals surface area contributed by atoms with Crippen molar-refractivity contribution in [2.45, 2.75) is 39.3 Å². The van der Waals surface area contributed by atoms with E-state index in [1.807, 2.05) is 6.20 Å². The molecule has 1 aromatic heterocycles. The highest BCUT2D eigenvalue weighted by molar-refractivity contribution is 9.10. The van der Waals surface area contributed by atoms with Gasteiger partial charge in [-0.2, -0.15) is 0 Å². The van der Waals surface area contributed by atoms with Crippen LogP contribution in [0.15, 0.2) is 41.1 Å². The van der Waals surface area contributed by atoms with Crippen molar-refractivity contribution in [2.24, 2.45) is 0 Å². The average molecular weight is 336 g/mol. The van der Waals surface area contributed by atoms with Gasteiger partial charge in [0.05, 0.1) is 0 Å². The van der Waals surface area contributed by atoms with Crippen molar-refractivity contribution in [3.63, 3.8) is 0 Å². The molecule has 0 spiro atoms. The van der Waals surface area contributed by atoms with Gasteiger partial charge in [0.1, 0.15) is 5.82 Å². The highest BCUT2D eigenvalue weighted by Gasteiger charge is 2.16. The second-order valence-electron chi connectivity index (χ2n) is 4.87. The van der Waals surface area contributed by atoms with E-state index in [1.165, 1.54) is 5.56 Å². The van der Waals surface area contributed by atoms with Crippen molar-refractivity contribution < 1.29 is 0 Å². The van der Waals surface area contributed by atoms with Crippen LogP contribution in [0.1, 0.15) is 37.7 Å². The van der Waals surface area contributed by atoms with Crippen LogP contribution in [0.3, 0.4) is 0 Å². The minimum absolute atomic E-state index is 0.286. The lowest BCUT2D eigenvalue weighted by atomic mass is 10.0. The molecule has 1 N–H and O–H groups in total. The fraction of sp³-hybridized carbons (Fsp3) is 0.438. The third kappa shape index (κ3) is 3.70. The summed E-state index contributed by atoms with van der Waals surface area (Å²) in [6.07, 6.45) is 6.00. The summed E-state index contributed by atoms with van der Waals surface area (Å²) < 4.78 is 3.40. The second kappa shape index (κ2) is 7.60. The highest BCUT2D eigenvalue weighted by Crippen LogP contribution is 2.25. The molecule has 4 heteroatoms. The van der Waals surface area contributed by atoms with Gasteiger partial charge in [-0.1, -0.05) is 48.0 Å². The van der Waals surface area contributed by atoms with Crippen molar-refractivity contribution in [2.75, 3.05) is 6.54 Å². The number of nitrogens with one attached hydrogen (secondary N) is 1. The van der Waals surface area contributed by atoms with E-state index in [4.69, 9.17) is 0 Å². The van der Waals surface area contributed by atoms with E-state index in [2.05, 4.69) is 75.1 Å². The van der Waals surface area contributed by atoms with Crippen molar-refractivity contribution in [1.29, 1.82) is 0 Å². The van der Waals surface area contributed by atoms with Gasteiger partial charge in [-0.15, -0.1) is 0 Å². The van der Waals surface area contributed by atoms with Gasteiger partial charge in [0, 0.05) is 35.9 Å². The molecule has 0 aliphatic carbocycles. The van der Waals surface area contributed by atoms with Gasteiger partial charge in [-0.25, -0.2) is 4.98 Å². The molecule has 1 atom stereocenters. The van der Waals surface area contributed by atoms with E-state index in [1.54, 1.807) is 0 Å². The fourth-order valence-electron chi connectivity index (χ4n) is 2.45. The molecule has 108 valence electrons. The van der Waals surface area contributed by atoms with Crippen molar-refractivity contribution in [3.8, 4) is 0 Å². The van der Waals surface area contributed by atoms with E-state index < -0.39 is 0 Å². The lowest BCUT2D eigenvalue weighted by Crippen LogP contribution is -2.24. The fourth-order valence-corrected chi connectivity index (χ4v) is 3.01. The summed E-state index contributed by atoms with van der Waals surface area (Å²) in [7, 11) is 0. The molecule has 3 nitrogen and oxygen atoms in total. The van der Waals surface area contributed by atoms with E-state index in [9.17, 15) is 0 Å². The third-order valence-corrected chi connectivity index (χ3v) is 4.11. The minimum atomic E-state index is 0.286. The third-order valence-electron chi connectivity index (χ3n) is 3.38. The topological polar surface area (TPSA) is 29.9 Å². The summed E-state index contributed by atoms with van der Waals surface area (Å²) in [4.78, 5) is 4.52. The molecule has 0 aliphatic rings. The number of aromatic nitrogens is 2. The highest BCUT2D eigenvalue weighted by atomic mass is 79.9. The first-order valence-corrected chi connectivity index (χ1v) is 8.03. The number of nitrogens with zero attached hydrogens (tertiary/aromatic N) is 2. The number of rotatable bonds is 7. The standard InChI is InChI=1S/C16H22BrN3/c1-3-10-20-11-9-19-16(20)12-15(18-4-2)13-7-5-6-8-14(13)17/h5-9,11,15,18H,3-4,10,12H2,1-2H3. The van der Waals surface area contributed by atoms with E-state index in [0.29, 0.717) is 0 Å². The summed E-state index contributed by atoms with van der Waals surface area (Å²) in [5.41, 5.74) is 1.29. The Kier molecular flexibility index (Phi) is 5.80. The van der Waals surface area contributed by atoms with Crippen LogP contribution in [0, 0.1) is 0 Å². The smallest absolute Gasteiger partial charge is 0.110 e. The van der Waals surface area contributed by atoms with Crippen molar-refractivity contribution >= 4 is 15.9 Å². The molecule has 0 amide bonds. The molecule has 0 saturated carbocycles. The minimum Gasteiger partial charge on any atom is -0.335 e. The summed E-state index contributed by atoms with van der Waals surface area (Å²) >= 11 is 3.65. The molecule has 0 bridgehead atoms. The van der Waals surface area contributed by atoms with Crippen molar-refractivity contribution in [3.05, 3.63) is 52.5 Å². The molecule has 20 heavy (non-hydrogen) atoms. The van der Waals surface area contributed by atoms with Crippen molar-refractivity contribution in [1.82, 2.24) is 14.9 Å². The number of aryl methyl sites for hydroxylation is 1. The van der Waals surface area contributed by atoms with Gasteiger partial charge in [-0.05, 0) is 24.6 Å². The average Bonchev–Trinajstić information content (AvgIpc) is 2.87. The molecule has 1 heterocycles. The SMILES string of the molecule is CCCn1ccnc1CC(NCC)c1ccccc1Br. The number of likely N-dealkylation sites (N-methyl/N-ethyl adjacent to an activating group) is 1. The number of hydrogen-bond donors (Lipinski definition) is 1. The molecular formula is C16H22BrN3. The predicted octanol–water partition coefficient (Wildman–Crippen LogP) is 3.95. The lowest BCUT2D eigenvalue weighted by Gasteiger charge is -2.20. The predicted molar refractivity (Wildman–Crippen MR) is 86.8 cm³/mol. The van der Waals surface area contributed by atoms with E-state index >= 15 is 0 Å².